The van der Waals surface area contributed by atoms with Gasteiger partial charge < -0.3 is 13.8 Å². The van der Waals surface area contributed by atoms with Crippen molar-refractivity contribution in [1.82, 2.24) is 19.9 Å². The van der Waals surface area contributed by atoms with Gasteiger partial charge in [-0.3, -0.25) is 9.69 Å². The molecule has 3 heterocycles. The average Bonchev–Trinajstić information content (AvgIpc) is 3.45. The first-order chi connectivity index (χ1) is 14.2. The predicted molar refractivity (Wildman–Crippen MR) is 108 cm³/mol. The summed E-state index contributed by atoms with van der Waals surface area (Å²) < 4.78 is 10.5. The minimum absolute atomic E-state index is 0.145. The van der Waals surface area contributed by atoms with Gasteiger partial charge >= 0.3 is 0 Å². The summed E-state index contributed by atoms with van der Waals surface area (Å²) in [6, 6.07) is 14.6. The van der Waals surface area contributed by atoms with Gasteiger partial charge in [-0.25, -0.2) is 0 Å². The third-order valence-electron chi connectivity index (χ3n) is 5.48. The van der Waals surface area contributed by atoms with E-state index in [9.17, 15) is 4.79 Å². The van der Waals surface area contributed by atoms with Gasteiger partial charge in [-0.15, -0.1) is 0 Å². The van der Waals surface area contributed by atoms with Crippen LogP contribution in [-0.2, 0) is 17.8 Å². The highest BCUT2D eigenvalue weighted by molar-refractivity contribution is 5.76. The van der Waals surface area contributed by atoms with Gasteiger partial charge in [0.25, 0.3) is 0 Å². The number of carbonyl (C=O) groups excluding carboxylic acids is 1. The van der Waals surface area contributed by atoms with Crippen molar-refractivity contribution in [2.75, 3.05) is 20.1 Å². The molecule has 1 aliphatic heterocycles. The summed E-state index contributed by atoms with van der Waals surface area (Å²) in [4.78, 5) is 21.2. The number of nitrogens with zero attached hydrogens (tertiary/aromatic N) is 4. The Morgan fingerprint density at radius 1 is 1.17 bits per heavy atom. The van der Waals surface area contributed by atoms with Crippen LogP contribution in [0.1, 0.15) is 30.7 Å². The third kappa shape index (κ3) is 4.92. The quantitative estimate of drug-likeness (QED) is 0.611. The zero-order chi connectivity index (χ0) is 20.1. The number of benzene rings is 1. The Labute approximate surface area is 170 Å². The van der Waals surface area contributed by atoms with Crippen molar-refractivity contribution in [1.29, 1.82) is 0 Å². The van der Waals surface area contributed by atoms with E-state index in [1.165, 1.54) is 5.56 Å². The van der Waals surface area contributed by atoms with E-state index in [0.717, 1.165) is 32.5 Å². The van der Waals surface area contributed by atoms with E-state index in [0.29, 0.717) is 36.4 Å². The SMILES string of the molecule is CN(Cc1ccccc1)C1CCN(C(=O)CCc2nc(-c3ccco3)no2)CC1. The van der Waals surface area contributed by atoms with E-state index in [1.54, 1.807) is 18.4 Å². The second kappa shape index (κ2) is 9.05. The molecule has 1 saturated heterocycles. The molecular weight excluding hydrogens is 368 g/mol. The lowest BCUT2D eigenvalue weighted by atomic mass is 10.0. The van der Waals surface area contributed by atoms with Crippen LogP contribution in [0.25, 0.3) is 11.6 Å². The Morgan fingerprint density at radius 3 is 2.69 bits per heavy atom. The molecule has 4 rings (SSSR count). The van der Waals surface area contributed by atoms with Gasteiger partial charge in [0, 0.05) is 38.5 Å². The maximum atomic E-state index is 12.6. The van der Waals surface area contributed by atoms with Crippen molar-refractivity contribution < 1.29 is 13.7 Å². The van der Waals surface area contributed by atoms with E-state index >= 15 is 0 Å². The average molecular weight is 394 g/mol. The predicted octanol–water partition coefficient (Wildman–Crippen LogP) is 3.39. The van der Waals surface area contributed by atoms with E-state index in [1.807, 2.05) is 11.0 Å². The number of likely N-dealkylation sites (tertiary alicyclic amines) is 1. The molecule has 0 bridgehead atoms. The van der Waals surface area contributed by atoms with Crippen molar-refractivity contribution in [3.63, 3.8) is 0 Å². The standard InChI is InChI=1S/C22H26N4O3/c1-25(16-17-6-3-2-4-7-17)18-11-13-26(14-12-18)21(27)10-9-20-23-22(24-29-20)19-8-5-15-28-19/h2-8,15,18H,9-14,16H2,1H3. The molecule has 3 aromatic rings. The Bertz CT molecular complexity index is 899. The van der Waals surface area contributed by atoms with Crippen molar-refractivity contribution >= 4 is 5.91 Å². The van der Waals surface area contributed by atoms with Crippen molar-refractivity contribution in [3.8, 4) is 11.6 Å². The number of amides is 1. The summed E-state index contributed by atoms with van der Waals surface area (Å²) in [7, 11) is 2.17. The normalized spacial score (nSPS) is 15.2. The fourth-order valence-electron chi connectivity index (χ4n) is 3.79. The van der Waals surface area contributed by atoms with Crippen LogP contribution in [0.4, 0.5) is 0 Å². The summed E-state index contributed by atoms with van der Waals surface area (Å²) in [5.74, 6) is 1.59. The largest absolute Gasteiger partial charge is 0.461 e. The summed E-state index contributed by atoms with van der Waals surface area (Å²) in [6.45, 7) is 2.53. The molecule has 0 spiro atoms. The number of piperidine rings is 1. The minimum Gasteiger partial charge on any atom is -0.461 e. The minimum atomic E-state index is 0.145. The molecule has 29 heavy (non-hydrogen) atoms. The molecule has 7 nitrogen and oxygen atoms in total. The van der Waals surface area contributed by atoms with Crippen LogP contribution >= 0.6 is 0 Å². The van der Waals surface area contributed by atoms with Crippen LogP contribution in [0.15, 0.2) is 57.7 Å². The second-order valence-corrected chi connectivity index (χ2v) is 7.50. The Balaban J connectivity index is 1.22. The number of furan rings is 1. The molecule has 1 amide bonds. The molecule has 0 N–H and O–H groups in total. The number of rotatable bonds is 7. The van der Waals surface area contributed by atoms with Crippen LogP contribution < -0.4 is 0 Å². The molecule has 0 radical (unpaired) electrons. The summed E-state index contributed by atoms with van der Waals surface area (Å²) in [5.41, 5.74) is 1.32. The van der Waals surface area contributed by atoms with Gasteiger partial charge in [-0.05, 0) is 37.6 Å². The molecule has 152 valence electrons. The molecule has 1 fully saturated rings. The van der Waals surface area contributed by atoms with E-state index < -0.39 is 0 Å². The zero-order valence-electron chi connectivity index (χ0n) is 16.7. The van der Waals surface area contributed by atoms with Crippen molar-refractivity contribution in [3.05, 3.63) is 60.2 Å². The van der Waals surface area contributed by atoms with Gasteiger partial charge in [-0.2, -0.15) is 4.98 Å². The first kappa shape index (κ1) is 19.4. The lowest BCUT2D eigenvalue weighted by Gasteiger charge is -2.37. The summed E-state index contributed by atoms with van der Waals surface area (Å²) in [5, 5.41) is 3.90. The molecule has 7 heteroatoms. The highest BCUT2D eigenvalue weighted by atomic mass is 16.5. The first-order valence-corrected chi connectivity index (χ1v) is 10.1. The van der Waals surface area contributed by atoms with Gasteiger partial charge in [0.05, 0.1) is 6.26 Å². The Morgan fingerprint density at radius 2 is 1.97 bits per heavy atom. The molecule has 0 unspecified atom stereocenters. The van der Waals surface area contributed by atoms with E-state index in [2.05, 4.69) is 46.4 Å². The number of hydrogen-bond acceptors (Lipinski definition) is 6. The zero-order valence-corrected chi connectivity index (χ0v) is 16.7. The maximum Gasteiger partial charge on any atom is 0.238 e. The van der Waals surface area contributed by atoms with Crippen LogP contribution in [0.2, 0.25) is 0 Å². The summed E-state index contributed by atoms with van der Waals surface area (Å²) in [6.07, 6.45) is 4.39. The molecular formula is C22H26N4O3. The highest BCUT2D eigenvalue weighted by Crippen LogP contribution is 2.19. The number of hydrogen-bond donors (Lipinski definition) is 0. The number of aromatic nitrogens is 2. The van der Waals surface area contributed by atoms with Gasteiger partial charge in [-0.1, -0.05) is 35.5 Å². The van der Waals surface area contributed by atoms with Crippen LogP contribution in [0, 0.1) is 0 Å². The highest BCUT2D eigenvalue weighted by Gasteiger charge is 2.25. The molecule has 2 aromatic heterocycles. The van der Waals surface area contributed by atoms with Gasteiger partial charge in [0.15, 0.2) is 5.76 Å². The van der Waals surface area contributed by atoms with E-state index in [4.69, 9.17) is 8.94 Å². The maximum absolute atomic E-state index is 12.6. The lowest BCUT2D eigenvalue weighted by Crippen LogP contribution is -2.45. The molecule has 0 saturated carbocycles. The topological polar surface area (TPSA) is 75.6 Å². The van der Waals surface area contributed by atoms with Crippen LogP contribution in [0.3, 0.4) is 0 Å². The Kier molecular flexibility index (Phi) is 6.05. The van der Waals surface area contributed by atoms with Gasteiger partial charge in [0.2, 0.25) is 17.6 Å². The van der Waals surface area contributed by atoms with Crippen molar-refractivity contribution in [2.24, 2.45) is 0 Å². The molecule has 1 aromatic carbocycles. The number of aryl methyl sites for hydroxylation is 1. The first-order valence-electron chi connectivity index (χ1n) is 10.1. The number of carbonyl (C=O) groups is 1. The van der Waals surface area contributed by atoms with E-state index in [-0.39, 0.29) is 5.91 Å². The van der Waals surface area contributed by atoms with Crippen LogP contribution in [-0.4, -0.2) is 52.0 Å². The smallest absolute Gasteiger partial charge is 0.238 e. The fourth-order valence-corrected chi connectivity index (χ4v) is 3.79. The monoisotopic (exact) mass is 394 g/mol. The lowest BCUT2D eigenvalue weighted by molar-refractivity contribution is -0.132. The fraction of sp³-hybridized carbons (Fsp3) is 0.409. The molecule has 0 aliphatic carbocycles. The summed E-state index contributed by atoms with van der Waals surface area (Å²) >= 11 is 0. The van der Waals surface area contributed by atoms with Crippen LogP contribution in [0.5, 0.6) is 0 Å². The Hall–Kier alpha value is -2.93. The molecule has 1 aliphatic rings. The molecule has 0 atom stereocenters. The third-order valence-corrected chi connectivity index (χ3v) is 5.48. The van der Waals surface area contributed by atoms with Gasteiger partial charge in [0.1, 0.15) is 0 Å². The second-order valence-electron chi connectivity index (χ2n) is 7.50. The van der Waals surface area contributed by atoms with Crippen molar-refractivity contribution in [2.45, 2.75) is 38.3 Å².